The van der Waals surface area contributed by atoms with Crippen LogP contribution in [0.15, 0.2) is 36.4 Å². The molecule has 0 bridgehead atoms. The Hall–Kier alpha value is -3.49. The molecule has 1 amide bonds. The first-order chi connectivity index (χ1) is 13.4. The van der Waals surface area contributed by atoms with Crippen molar-refractivity contribution in [3.05, 3.63) is 67.8 Å². The van der Waals surface area contributed by atoms with E-state index in [4.69, 9.17) is 0 Å². The van der Waals surface area contributed by atoms with Crippen molar-refractivity contribution in [2.24, 2.45) is 0 Å². The molecule has 0 aliphatic carbocycles. The molecule has 0 saturated carbocycles. The van der Waals surface area contributed by atoms with E-state index in [1.54, 1.807) is 18.2 Å². The van der Waals surface area contributed by atoms with E-state index in [2.05, 4.69) is 5.32 Å². The van der Waals surface area contributed by atoms with Crippen LogP contribution in [-0.2, 0) is 0 Å². The molecule has 0 radical (unpaired) electrons. The number of rotatable bonds is 5. The number of piperidine rings is 1. The highest BCUT2D eigenvalue weighted by Crippen LogP contribution is 2.32. The van der Waals surface area contributed by atoms with Gasteiger partial charge in [-0.3, -0.25) is 25.0 Å². The van der Waals surface area contributed by atoms with E-state index >= 15 is 0 Å². The minimum absolute atomic E-state index is 0.107. The molecule has 9 heteroatoms. The van der Waals surface area contributed by atoms with Crippen LogP contribution >= 0.6 is 0 Å². The smallest absolute Gasteiger partial charge is 0.293 e. The topological polar surface area (TPSA) is 119 Å². The van der Waals surface area contributed by atoms with Crippen LogP contribution in [0.3, 0.4) is 0 Å². The van der Waals surface area contributed by atoms with Gasteiger partial charge in [0.15, 0.2) is 0 Å². The van der Waals surface area contributed by atoms with Crippen molar-refractivity contribution in [2.45, 2.75) is 26.2 Å². The Balaban J connectivity index is 1.88. The van der Waals surface area contributed by atoms with Crippen LogP contribution in [0.25, 0.3) is 0 Å². The lowest BCUT2D eigenvalue weighted by molar-refractivity contribution is -0.385. The van der Waals surface area contributed by atoms with Crippen LogP contribution in [0, 0.1) is 27.2 Å². The van der Waals surface area contributed by atoms with Gasteiger partial charge >= 0.3 is 0 Å². The maximum Gasteiger partial charge on any atom is 0.293 e. The van der Waals surface area contributed by atoms with E-state index in [0.717, 1.165) is 32.4 Å². The molecule has 1 aliphatic rings. The number of carbonyl (C=O) groups is 1. The zero-order valence-electron chi connectivity index (χ0n) is 15.4. The number of carbonyl (C=O) groups excluding carboxylic acids is 1. The first-order valence-electron chi connectivity index (χ1n) is 8.97. The van der Waals surface area contributed by atoms with E-state index in [1.165, 1.54) is 25.1 Å². The summed E-state index contributed by atoms with van der Waals surface area (Å²) in [6.45, 7) is 3.04. The minimum atomic E-state index is -0.558. The largest absolute Gasteiger partial charge is 0.366 e. The van der Waals surface area contributed by atoms with Crippen molar-refractivity contribution < 1.29 is 14.6 Å². The predicted octanol–water partition coefficient (Wildman–Crippen LogP) is 4.05. The van der Waals surface area contributed by atoms with Gasteiger partial charge in [0.25, 0.3) is 17.3 Å². The van der Waals surface area contributed by atoms with Crippen molar-refractivity contribution in [1.82, 2.24) is 0 Å². The highest BCUT2D eigenvalue weighted by atomic mass is 16.6. The number of nitro groups is 2. The molecule has 1 N–H and O–H groups in total. The van der Waals surface area contributed by atoms with Gasteiger partial charge in [0.1, 0.15) is 5.69 Å². The molecule has 1 aliphatic heterocycles. The van der Waals surface area contributed by atoms with Crippen LogP contribution in [0.1, 0.15) is 35.2 Å². The van der Waals surface area contributed by atoms with Crippen molar-refractivity contribution in [3.8, 4) is 0 Å². The summed E-state index contributed by atoms with van der Waals surface area (Å²) in [5.74, 6) is -0.558. The van der Waals surface area contributed by atoms with Gasteiger partial charge in [-0.1, -0.05) is 6.07 Å². The van der Waals surface area contributed by atoms with E-state index in [0.29, 0.717) is 16.9 Å². The second-order valence-corrected chi connectivity index (χ2v) is 6.67. The van der Waals surface area contributed by atoms with Gasteiger partial charge in [-0.25, -0.2) is 0 Å². The molecule has 1 heterocycles. The Kier molecular flexibility index (Phi) is 5.53. The fourth-order valence-corrected chi connectivity index (χ4v) is 3.36. The number of hydrogen-bond acceptors (Lipinski definition) is 6. The number of nitro benzene ring substituents is 2. The van der Waals surface area contributed by atoms with Gasteiger partial charge in [0, 0.05) is 30.8 Å². The predicted molar refractivity (Wildman–Crippen MR) is 105 cm³/mol. The molecule has 0 unspecified atom stereocenters. The molecule has 146 valence electrons. The summed E-state index contributed by atoms with van der Waals surface area (Å²) in [6.07, 6.45) is 3.06. The Labute approximate surface area is 161 Å². The van der Waals surface area contributed by atoms with Crippen LogP contribution in [0.5, 0.6) is 0 Å². The third-order valence-electron chi connectivity index (χ3n) is 4.88. The average Bonchev–Trinajstić information content (AvgIpc) is 2.69. The summed E-state index contributed by atoms with van der Waals surface area (Å²) in [7, 11) is 0. The molecular formula is C19H20N4O5. The van der Waals surface area contributed by atoms with Crippen LogP contribution in [0.4, 0.5) is 22.7 Å². The highest BCUT2D eigenvalue weighted by molar-refractivity contribution is 6.05. The van der Waals surface area contributed by atoms with Gasteiger partial charge in [-0.05, 0) is 44.4 Å². The summed E-state index contributed by atoms with van der Waals surface area (Å²) < 4.78 is 0. The highest BCUT2D eigenvalue weighted by Gasteiger charge is 2.23. The standard InChI is InChI=1S/C19H20N4O5/c1-13-15(6-5-7-16(13)22(25)26)20-19(24)14-8-9-17(18(12-14)23(27)28)21-10-3-2-4-11-21/h5-9,12H,2-4,10-11H2,1H3,(H,20,24). The number of anilines is 2. The first kappa shape index (κ1) is 19.3. The second kappa shape index (κ2) is 8.03. The summed E-state index contributed by atoms with van der Waals surface area (Å²) in [5.41, 5.74) is 1.02. The molecule has 3 rings (SSSR count). The lowest BCUT2D eigenvalue weighted by atomic mass is 10.1. The van der Waals surface area contributed by atoms with Gasteiger partial charge in [0.2, 0.25) is 0 Å². The SMILES string of the molecule is Cc1c(NC(=O)c2ccc(N3CCCCC3)c([N+](=O)[O-])c2)cccc1[N+](=O)[O-]. The van der Waals surface area contributed by atoms with Gasteiger partial charge < -0.3 is 10.2 Å². The lowest BCUT2D eigenvalue weighted by Crippen LogP contribution is -2.30. The Morgan fingerprint density at radius 2 is 1.68 bits per heavy atom. The molecule has 0 spiro atoms. The van der Waals surface area contributed by atoms with Crippen molar-refractivity contribution in [1.29, 1.82) is 0 Å². The third kappa shape index (κ3) is 3.93. The first-order valence-corrected chi connectivity index (χ1v) is 8.97. The summed E-state index contributed by atoms with van der Waals surface area (Å²) in [6, 6.07) is 8.77. The molecule has 2 aromatic rings. The maximum absolute atomic E-state index is 12.6. The van der Waals surface area contributed by atoms with Crippen molar-refractivity contribution in [3.63, 3.8) is 0 Å². The Morgan fingerprint density at radius 1 is 1.00 bits per heavy atom. The Bertz CT molecular complexity index is 938. The molecular weight excluding hydrogens is 364 g/mol. The normalized spacial score (nSPS) is 13.8. The maximum atomic E-state index is 12.6. The number of amides is 1. The third-order valence-corrected chi connectivity index (χ3v) is 4.88. The quantitative estimate of drug-likeness (QED) is 0.613. The van der Waals surface area contributed by atoms with Gasteiger partial charge in [-0.2, -0.15) is 0 Å². The summed E-state index contributed by atoms with van der Waals surface area (Å²) >= 11 is 0. The Morgan fingerprint density at radius 3 is 2.32 bits per heavy atom. The fourth-order valence-electron chi connectivity index (χ4n) is 3.36. The van der Waals surface area contributed by atoms with E-state index in [-0.39, 0.29) is 16.9 Å². The average molecular weight is 384 g/mol. The fraction of sp³-hybridized carbons (Fsp3) is 0.316. The minimum Gasteiger partial charge on any atom is -0.366 e. The number of nitrogens with zero attached hydrogens (tertiary/aromatic N) is 3. The molecule has 2 aromatic carbocycles. The monoisotopic (exact) mass is 384 g/mol. The number of hydrogen-bond donors (Lipinski definition) is 1. The lowest BCUT2D eigenvalue weighted by Gasteiger charge is -2.28. The molecule has 0 aromatic heterocycles. The van der Waals surface area contributed by atoms with Crippen LogP contribution in [0.2, 0.25) is 0 Å². The number of nitrogens with one attached hydrogen (secondary N) is 1. The van der Waals surface area contributed by atoms with Crippen LogP contribution in [-0.4, -0.2) is 28.8 Å². The molecule has 1 fully saturated rings. The van der Waals surface area contributed by atoms with Crippen molar-refractivity contribution in [2.75, 3.05) is 23.3 Å². The molecule has 28 heavy (non-hydrogen) atoms. The molecule has 9 nitrogen and oxygen atoms in total. The van der Waals surface area contributed by atoms with E-state index in [9.17, 15) is 25.0 Å². The summed E-state index contributed by atoms with van der Waals surface area (Å²) in [5, 5.41) is 25.2. The summed E-state index contributed by atoms with van der Waals surface area (Å²) in [4.78, 5) is 36.1. The number of benzene rings is 2. The van der Waals surface area contributed by atoms with E-state index in [1.807, 2.05) is 4.90 Å². The zero-order valence-corrected chi connectivity index (χ0v) is 15.4. The zero-order chi connectivity index (χ0) is 20.3. The molecule has 1 saturated heterocycles. The second-order valence-electron chi connectivity index (χ2n) is 6.67. The van der Waals surface area contributed by atoms with Crippen LogP contribution < -0.4 is 10.2 Å². The van der Waals surface area contributed by atoms with E-state index < -0.39 is 15.8 Å². The van der Waals surface area contributed by atoms with Gasteiger partial charge in [-0.15, -0.1) is 0 Å². The van der Waals surface area contributed by atoms with Gasteiger partial charge in [0.05, 0.1) is 21.1 Å². The van der Waals surface area contributed by atoms with Crippen molar-refractivity contribution >= 4 is 28.7 Å². The molecule has 0 atom stereocenters.